The third kappa shape index (κ3) is 2.39. The molecule has 1 N–H and O–H groups in total. The minimum Gasteiger partial charge on any atom is -0.252 e. The first-order valence-electron chi connectivity index (χ1n) is 5.24. The molecule has 0 aliphatic heterocycles. The summed E-state index contributed by atoms with van der Waals surface area (Å²) in [7, 11) is 0. The highest BCUT2D eigenvalue weighted by molar-refractivity contribution is 5.27. The molecule has 2 heteroatoms. The number of hydrogen-bond acceptors (Lipinski definition) is 2. The Labute approximate surface area is 91.8 Å². The van der Waals surface area contributed by atoms with Crippen LogP contribution in [0.4, 0.5) is 0 Å². The Bertz CT molecular complexity index is 300. The SMILES string of the molecule is CC(C)(C)C(C)(COO)c1ccccc1. The molecule has 0 heterocycles. The van der Waals surface area contributed by atoms with Crippen molar-refractivity contribution in [1.29, 1.82) is 0 Å². The second kappa shape index (κ2) is 4.33. The van der Waals surface area contributed by atoms with Crippen molar-refractivity contribution < 1.29 is 10.1 Å². The number of rotatable bonds is 3. The quantitative estimate of drug-likeness (QED) is 0.608. The largest absolute Gasteiger partial charge is 0.252 e. The van der Waals surface area contributed by atoms with E-state index in [4.69, 9.17) is 5.26 Å². The van der Waals surface area contributed by atoms with Crippen LogP contribution in [-0.2, 0) is 10.3 Å². The molecule has 0 aromatic heterocycles. The molecule has 15 heavy (non-hydrogen) atoms. The van der Waals surface area contributed by atoms with E-state index in [1.165, 1.54) is 5.56 Å². The molecule has 0 amide bonds. The van der Waals surface area contributed by atoms with Gasteiger partial charge in [0.05, 0.1) is 6.61 Å². The maximum absolute atomic E-state index is 8.73. The van der Waals surface area contributed by atoms with Crippen molar-refractivity contribution in [2.45, 2.75) is 33.1 Å². The molecule has 0 fully saturated rings. The Morgan fingerprint density at radius 1 is 1.07 bits per heavy atom. The van der Waals surface area contributed by atoms with Crippen LogP contribution in [0.25, 0.3) is 0 Å². The van der Waals surface area contributed by atoms with Crippen LogP contribution in [-0.4, -0.2) is 11.9 Å². The van der Waals surface area contributed by atoms with E-state index >= 15 is 0 Å². The second-order valence-electron chi connectivity index (χ2n) is 5.22. The number of hydrogen-bond donors (Lipinski definition) is 1. The fraction of sp³-hybridized carbons (Fsp3) is 0.538. The Morgan fingerprint density at radius 2 is 1.60 bits per heavy atom. The van der Waals surface area contributed by atoms with E-state index in [1.54, 1.807) is 0 Å². The van der Waals surface area contributed by atoms with Gasteiger partial charge in [0.2, 0.25) is 0 Å². The highest BCUT2D eigenvalue weighted by Crippen LogP contribution is 2.41. The molecule has 1 aromatic rings. The average Bonchev–Trinajstić information content (AvgIpc) is 2.18. The standard InChI is InChI=1S/C13H20O2/c1-12(2,3)13(4,10-15-14)11-8-6-5-7-9-11/h5-9,14H,10H2,1-4H3. The maximum atomic E-state index is 8.73. The van der Waals surface area contributed by atoms with Gasteiger partial charge in [-0.15, -0.1) is 0 Å². The summed E-state index contributed by atoms with van der Waals surface area (Å²) in [5.74, 6) is 0. The van der Waals surface area contributed by atoms with Crippen molar-refractivity contribution in [3.8, 4) is 0 Å². The molecule has 1 aromatic carbocycles. The van der Waals surface area contributed by atoms with Gasteiger partial charge in [-0.3, -0.25) is 5.26 Å². The Morgan fingerprint density at radius 3 is 2.00 bits per heavy atom. The molecule has 0 bridgehead atoms. The van der Waals surface area contributed by atoms with Gasteiger partial charge in [0.1, 0.15) is 0 Å². The highest BCUT2D eigenvalue weighted by Gasteiger charge is 2.39. The van der Waals surface area contributed by atoms with Crippen molar-refractivity contribution in [1.82, 2.24) is 0 Å². The van der Waals surface area contributed by atoms with E-state index in [2.05, 4.69) is 44.7 Å². The highest BCUT2D eigenvalue weighted by atomic mass is 17.1. The lowest BCUT2D eigenvalue weighted by atomic mass is 9.64. The van der Waals surface area contributed by atoms with Crippen LogP contribution in [0.1, 0.15) is 33.3 Å². The summed E-state index contributed by atoms with van der Waals surface area (Å²) in [5.41, 5.74) is 1.02. The molecule has 84 valence electrons. The van der Waals surface area contributed by atoms with Crippen molar-refractivity contribution in [3.63, 3.8) is 0 Å². The number of benzene rings is 1. The van der Waals surface area contributed by atoms with E-state index in [1.807, 2.05) is 18.2 Å². The monoisotopic (exact) mass is 208 g/mol. The van der Waals surface area contributed by atoms with Crippen molar-refractivity contribution in [2.24, 2.45) is 5.41 Å². The molecule has 1 atom stereocenters. The van der Waals surface area contributed by atoms with E-state index in [-0.39, 0.29) is 10.8 Å². The smallest absolute Gasteiger partial charge is 0.0918 e. The zero-order chi connectivity index (χ0) is 11.5. The third-order valence-electron chi connectivity index (χ3n) is 3.42. The topological polar surface area (TPSA) is 29.5 Å². The van der Waals surface area contributed by atoms with Gasteiger partial charge in [0.25, 0.3) is 0 Å². The Balaban J connectivity index is 3.13. The Kier molecular flexibility index (Phi) is 3.53. The lowest BCUT2D eigenvalue weighted by Gasteiger charge is -2.41. The van der Waals surface area contributed by atoms with Crippen LogP contribution >= 0.6 is 0 Å². The van der Waals surface area contributed by atoms with Crippen LogP contribution in [0.3, 0.4) is 0 Å². The van der Waals surface area contributed by atoms with Gasteiger partial charge in [-0.25, -0.2) is 4.89 Å². The van der Waals surface area contributed by atoms with Crippen LogP contribution in [0.15, 0.2) is 30.3 Å². The maximum Gasteiger partial charge on any atom is 0.0918 e. The lowest BCUT2D eigenvalue weighted by molar-refractivity contribution is -0.259. The van der Waals surface area contributed by atoms with Gasteiger partial charge in [-0.1, -0.05) is 58.0 Å². The molecule has 0 radical (unpaired) electrons. The predicted octanol–water partition coefficient (Wildman–Crippen LogP) is 3.48. The molecule has 2 nitrogen and oxygen atoms in total. The van der Waals surface area contributed by atoms with Gasteiger partial charge in [0.15, 0.2) is 0 Å². The summed E-state index contributed by atoms with van der Waals surface area (Å²) in [6.45, 7) is 8.87. The van der Waals surface area contributed by atoms with E-state index in [0.717, 1.165) is 0 Å². The van der Waals surface area contributed by atoms with Gasteiger partial charge >= 0.3 is 0 Å². The van der Waals surface area contributed by atoms with Gasteiger partial charge < -0.3 is 0 Å². The normalized spacial score (nSPS) is 16.1. The molecule has 0 aliphatic rings. The van der Waals surface area contributed by atoms with Crippen LogP contribution < -0.4 is 0 Å². The molecular weight excluding hydrogens is 188 g/mol. The Hall–Kier alpha value is -0.860. The predicted molar refractivity (Wildman–Crippen MR) is 61.8 cm³/mol. The van der Waals surface area contributed by atoms with Gasteiger partial charge in [-0.2, -0.15) is 0 Å². The minimum atomic E-state index is -0.191. The molecule has 0 spiro atoms. The zero-order valence-electron chi connectivity index (χ0n) is 9.95. The summed E-state index contributed by atoms with van der Waals surface area (Å²) in [4.78, 5) is 4.39. The lowest BCUT2D eigenvalue weighted by Crippen LogP contribution is -2.41. The summed E-state index contributed by atoms with van der Waals surface area (Å²) < 4.78 is 0. The fourth-order valence-corrected chi connectivity index (χ4v) is 1.67. The molecule has 0 saturated heterocycles. The first kappa shape index (κ1) is 12.2. The third-order valence-corrected chi connectivity index (χ3v) is 3.42. The van der Waals surface area contributed by atoms with E-state index < -0.39 is 0 Å². The van der Waals surface area contributed by atoms with E-state index in [9.17, 15) is 0 Å². The van der Waals surface area contributed by atoms with Gasteiger partial charge in [-0.05, 0) is 11.0 Å². The molecule has 1 unspecified atom stereocenters. The van der Waals surface area contributed by atoms with Crippen molar-refractivity contribution in [3.05, 3.63) is 35.9 Å². The summed E-state index contributed by atoms with van der Waals surface area (Å²) in [6, 6.07) is 10.2. The van der Waals surface area contributed by atoms with E-state index in [0.29, 0.717) is 6.61 Å². The summed E-state index contributed by atoms with van der Waals surface area (Å²) >= 11 is 0. The first-order valence-corrected chi connectivity index (χ1v) is 5.24. The van der Waals surface area contributed by atoms with Gasteiger partial charge in [0, 0.05) is 5.41 Å². The molecule has 0 aliphatic carbocycles. The molecular formula is C13H20O2. The average molecular weight is 208 g/mol. The van der Waals surface area contributed by atoms with Crippen molar-refractivity contribution >= 4 is 0 Å². The van der Waals surface area contributed by atoms with Crippen LogP contribution in [0.2, 0.25) is 0 Å². The van der Waals surface area contributed by atoms with Crippen molar-refractivity contribution in [2.75, 3.05) is 6.61 Å². The van der Waals surface area contributed by atoms with Crippen LogP contribution in [0, 0.1) is 5.41 Å². The zero-order valence-corrected chi connectivity index (χ0v) is 9.95. The summed E-state index contributed by atoms with van der Waals surface area (Å²) in [5, 5.41) is 8.73. The molecule has 1 rings (SSSR count). The molecule has 0 saturated carbocycles. The second-order valence-corrected chi connectivity index (χ2v) is 5.22. The van der Waals surface area contributed by atoms with Crippen LogP contribution in [0.5, 0.6) is 0 Å². The minimum absolute atomic E-state index is 0.0249. The first-order chi connectivity index (χ1) is 6.92. The summed E-state index contributed by atoms with van der Waals surface area (Å²) in [6.07, 6.45) is 0. The fourth-order valence-electron chi connectivity index (χ4n) is 1.67.